The van der Waals surface area contributed by atoms with Gasteiger partial charge in [-0.05, 0) is 77.9 Å². The molecule has 3 aromatic rings. The van der Waals surface area contributed by atoms with Gasteiger partial charge in [-0.15, -0.1) is 0 Å². The fourth-order valence-corrected chi connectivity index (χ4v) is 4.93. The van der Waals surface area contributed by atoms with E-state index in [2.05, 4.69) is 15.8 Å². The van der Waals surface area contributed by atoms with Crippen LogP contribution in [0, 0.1) is 3.57 Å². The summed E-state index contributed by atoms with van der Waals surface area (Å²) in [5.41, 5.74) is 3.92. The van der Waals surface area contributed by atoms with Gasteiger partial charge >= 0.3 is 5.97 Å². The minimum atomic E-state index is -0.966. The molecule has 2 atom stereocenters. The number of amides is 2. The molecule has 3 aromatic carbocycles. The van der Waals surface area contributed by atoms with Crippen molar-refractivity contribution in [3.05, 3.63) is 85.4 Å². The van der Waals surface area contributed by atoms with Crippen LogP contribution in [0.25, 0.3) is 0 Å². The Balaban J connectivity index is 1.70. The summed E-state index contributed by atoms with van der Waals surface area (Å²) in [5, 5.41) is 7.50. The molecule has 13 heteroatoms. The molecule has 0 saturated heterocycles. The summed E-state index contributed by atoms with van der Waals surface area (Å²) in [6.45, 7) is 3.24. The number of rotatable bonds is 14. The Morgan fingerprint density at radius 2 is 1.77 bits per heavy atom. The number of nitrogens with one attached hydrogen (secondary N) is 2. The van der Waals surface area contributed by atoms with Crippen LogP contribution in [0.5, 0.6) is 17.2 Å². The van der Waals surface area contributed by atoms with E-state index < -0.39 is 29.9 Å². The van der Waals surface area contributed by atoms with Crippen molar-refractivity contribution in [2.24, 2.45) is 5.10 Å². The van der Waals surface area contributed by atoms with Crippen LogP contribution < -0.4 is 25.0 Å². The molecule has 2 amide bonds. The summed E-state index contributed by atoms with van der Waals surface area (Å²) >= 11 is 14.2. The molecule has 0 heterocycles. The zero-order chi connectivity index (χ0) is 31.4. The van der Waals surface area contributed by atoms with E-state index in [1.807, 2.05) is 52.9 Å². The molecular formula is C30H30Cl2IN3O7. The van der Waals surface area contributed by atoms with Crippen LogP contribution in [0.4, 0.5) is 0 Å². The molecule has 0 saturated carbocycles. The lowest BCUT2D eigenvalue weighted by molar-refractivity contribution is -0.145. The fraction of sp³-hybridized carbons (Fsp3) is 0.267. The monoisotopic (exact) mass is 741 g/mol. The summed E-state index contributed by atoms with van der Waals surface area (Å²) in [6, 6.07) is 16.3. The van der Waals surface area contributed by atoms with Crippen LogP contribution >= 0.6 is 45.8 Å². The molecule has 0 radical (unpaired) electrons. The van der Waals surface area contributed by atoms with E-state index >= 15 is 0 Å². The molecule has 0 spiro atoms. The lowest BCUT2D eigenvalue weighted by atomic mass is 10.1. The first kappa shape index (κ1) is 33.9. The second-order valence-corrected chi connectivity index (χ2v) is 11.0. The predicted octanol–water partition coefficient (Wildman–Crippen LogP) is 5.19. The molecule has 0 unspecified atom stereocenters. The van der Waals surface area contributed by atoms with Crippen molar-refractivity contribution < 1.29 is 33.3 Å². The third kappa shape index (κ3) is 10.6. The molecule has 43 heavy (non-hydrogen) atoms. The molecule has 0 aliphatic heterocycles. The fourth-order valence-electron chi connectivity index (χ4n) is 3.70. The van der Waals surface area contributed by atoms with Crippen LogP contribution in [0.3, 0.4) is 0 Å². The number of carbonyl (C=O) groups is 3. The van der Waals surface area contributed by atoms with E-state index in [1.165, 1.54) is 19.4 Å². The third-order valence-corrected chi connectivity index (χ3v) is 7.09. The first-order chi connectivity index (χ1) is 20.6. The Kier molecular flexibility index (Phi) is 13.4. The van der Waals surface area contributed by atoms with Crippen molar-refractivity contribution >= 4 is 69.8 Å². The third-order valence-electron chi connectivity index (χ3n) is 5.76. The van der Waals surface area contributed by atoms with Gasteiger partial charge in [-0.3, -0.25) is 9.59 Å². The van der Waals surface area contributed by atoms with Gasteiger partial charge in [-0.25, -0.2) is 10.2 Å². The molecule has 0 fully saturated rings. The van der Waals surface area contributed by atoms with E-state index in [0.29, 0.717) is 25.7 Å². The number of hydrogen-bond donors (Lipinski definition) is 2. The number of halogens is 3. The van der Waals surface area contributed by atoms with Crippen molar-refractivity contribution in [3.63, 3.8) is 0 Å². The lowest BCUT2D eigenvalue weighted by Crippen LogP contribution is -2.50. The zero-order valence-electron chi connectivity index (χ0n) is 23.6. The van der Waals surface area contributed by atoms with Gasteiger partial charge < -0.3 is 24.3 Å². The average molecular weight is 742 g/mol. The number of carbonyl (C=O) groups excluding carboxylic acids is 3. The average Bonchev–Trinajstić information content (AvgIpc) is 2.98. The first-order valence-corrected chi connectivity index (χ1v) is 14.9. The minimum Gasteiger partial charge on any atom is -0.493 e. The van der Waals surface area contributed by atoms with E-state index in [9.17, 15) is 14.4 Å². The SMILES string of the molecule is CCOC(=O)COc1c(I)cc(/C=N\NC(=O)[C@@H](Cc2ccccc2)NC(=O)[C@H](C)Oc2ccc(Cl)cc2Cl)cc1OC. The largest absolute Gasteiger partial charge is 0.493 e. The molecular weight excluding hydrogens is 712 g/mol. The minimum absolute atomic E-state index is 0.209. The lowest BCUT2D eigenvalue weighted by Gasteiger charge is -2.21. The summed E-state index contributed by atoms with van der Waals surface area (Å²) in [7, 11) is 1.47. The topological polar surface area (TPSA) is 125 Å². The van der Waals surface area contributed by atoms with Gasteiger partial charge in [0.15, 0.2) is 24.2 Å². The van der Waals surface area contributed by atoms with Crippen molar-refractivity contribution in [1.82, 2.24) is 10.7 Å². The van der Waals surface area contributed by atoms with Gasteiger partial charge in [0.25, 0.3) is 11.8 Å². The first-order valence-electron chi connectivity index (χ1n) is 13.1. The van der Waals surface area contributed by atoms with Crippen LogP contribution in [0.15, 0.2) is 65.8 Å². The Labute approximate surface area is 273 Å². The van der Waals surface area contributed by atoms with Gasteiger partial charge in [0, 0.05) is 11.4 Å². The number of ether oxygens (including phenoxy) is 4. The van der Waals surface area contributed by atoms with E-state index in [1.54, 1.807) is 38.1 Å². The Morgan fingerprint density at radius 1 is 1.02 bits per heavy atom. The van der Waals surface area contributed by atoms with E-state index in [-0.39, 0.29) is 30.4 Å². The van der Waals surface area contributed by atoms with Gasteiger partial charge in [0.2, 0.25) is 0 Å². The summed E-state index contributed by atoms with van der Waals surface area (Å²) < 4.78 is 22.2. The highest BCUT2D eigenvalue weighted by atomic mass is 127. The summed E-state index contributed by atoms with van der Waals surface area (Å²) in [4.78, 5) is 37.9. The quantitative estimate of drug-likeness (QED) is 0.101. The highest BCUT2D eigenvalue weighted by Crippen LogP contribution is 2.33. The maximum atomic E-state index is 13.2. The number of benzene rings is 3. The van der Waals surface area contributed by atoms with Gasteiger partial charge in [-0.2, -0.15) is 5.10 Å². The van der Waals surface area contributed by atoms with Crippen LogP contribution in [-0.2, 0) is 25.5 Å². The second-order valence-electron chi connectivity index (χ2n) is 8.95. The zero-order valence-corrected chi connectivity index (χ0v) is 27.2. The van der Waals surface area contributed by atoms with E-state index in [4.69, 9.17) is 42.1 Å². The molecule has 0 aliphatic carbocycles. The van der Waals surface area contributed by atoms with Gasteiger partial charge in [0.1, 0.15) is 11.8 Å². The number of esters is 1. The Hall–Kier alpha value is -3.55. The normalized spacial score (nSPS) is 12.2. The highest BCUT2D eigenvalue weighted by molar-refractivity contribution is 14.1. The number of methoxy groups -OCH3 is 1. The summed E-state index contributed by atoms with van der Waals surface area (Å²) in [6.07, 6.45) is 0.667. The number of hydrogen-bond acceptors (Lipinski definition) is 8. The van der Waals surface area contributed by atoms with Crippen LogP contribution in [0.2, 0.25) is 10.0 Å². The predicted molar refractivity (Wildman–Crippen MR) is 172 cm³/mol. The maximum absolute atomic E-state index is 13.2. The molecule has 228 valence electrons. The number of hydrazone groups is 1. The molecule has 0 aromatic heterocycles. The molecule has 0 bridgehead atoms. The standard InChI is InChI=1S/C30H30Cl2IN3O7/c1-4-41-27(37)17-42-28-23(33)12-20(14-26(28)40-3)16-34-36-30(39)24(13-19-8-6-5-7-9-19)35-29(38)18(2)43-25-11-10-21(31)15-22(25)32/h5-12,14-16,18,24H,4,13,17H2,1-3H3,(H,35,38)(H,36,39)/b34-16-/t18-,24+/m0/s1. The molecule has 0 aliphatic rings. The molecule has 3 rings (SSSR count). The Bertz CT molecular complexity index is 1460. The van der Waals surface area contributed by atoms with Crippen LogP contribution in [-0.4, -0.2) is 56.5 Å². The Morgan fingerprint density at radius 3 is 2.44 bits per heavy atom. The van der Waals surface area contributed by atoms with Crippen molar-refractivity contribution in [2.75, 3.05) is 20.3 Å². The number of nitrogens with zero attached hydrogens (tertiary/aromatic N) is 1. The highest BCUT2D eigenvalue weighted by Gasteiger charge is 2.25. The van der Waals surface area contributed by atoms with Crippen molar-refractivity contribution in [1.29, 1.82) is 0 Å². The van der Waals surface area contributed by atoms with Crippen LogP contribution in [0.1, 0.15) is 25.0 Å². The van der Waals surface area contributed by atoms with E-state index in [0.717, 1.165) is 5.56 Å². The van der Waals surface area contributed by atoms with Crippen molar-refractivity contribution in [3.8, 4) is 17.2 Å². The molecule has 10 nitrogen and oxygen atoms in total. The molecule has 2 N–H and O–H groups in total. The summed E-state index contributed by atoms with van der Waals surface area (Å²) in [5.74, 6) is -0.539. The van der Waals surface area contributed by atoms with Gasteiger partial charge in [0.05, 0.1) is 28.5 Å². The van der Waals surface area contributed by atoms with Crippen molar-refractivity contribution in [2.45, 2.75) is 32.4 Å². The van der Waals surface area contributed by atoms with Gasteiger partial charge in [-0.1, -0.05) is 53.5 Å². The smallest absolute Gasteiger partial charge is 0.344 e. The second kappa shape index (κ2) is 16.9. The maximum Gasteiger partial charge on any atom is 0.344 e.